The first-order valence-corrected chi connectivity index (χ1v) is 5.79. The molecule has 2 nitrogen and oxygen atoms in total. The molecule has 1 aromatic carbocycles. The maximum atomic E-state index is 4.14. The summed E-state index contributed by atoms with van der Waals surface area (Å²) in [5.41, 5.74) is 2.47. The molecule has 15 heavy (non-hydrogen) atoms. The van der Waals surface area contributed by atoms with Crippen molar-refractivity contribution in [2.75, 3.05) is 20.1 Å². The van der Waals surface area contributed by atoms with Gasteiger partial charge in [0.2, 0.25) is 0 Å². The molecule has 0 aliphatic carbocycles. The van der Waals surface area contributed by atoms with E-state index in [2.05, 4.69) is 34.5 Å². The Morgan fingerprint density at radius 2 is 1.73 bits per heavy atom. The van der Waals surface area contributed by atoms with Crippen LogP contribution in [0.15, 0.2) is 24.3 Å². The highest BCUT2D eigenvalue weighted by Gasteiger charge is 2.09. The summed E-state index contributed by atoms with van der Waals surface area (Å²) in [7, 11) is 1.83. The third-order valence-electron chi connectivity index (χ3n) is 3.05. The average Bonchev–Trinajstić information content (AvgIpc) is 2.31. The van der Waals surface area contributed by atoms with Crippen LogP contribution in [-0.2, 0) is 6.54 Å². The fourth-order valence-corrected chi connectivity index (χ4v) is 2.13. The predicted molar refractivity (Wildman–Crippen MR) is 64.5 cm³/mol. The molecular weight excluding hydrogens is 184 g/mol. The zero-order valence-corrected chi connectivity index (χ0v) is 9.45. The summed E-state index contributed by atoms with van der Waals surface area (Å²) in [5.74, 6) is 0. The number of rotatable bonds is 3. The molecular formula is C13H19N2-. The number of hydrogen-bond acceptors (Lipinski definition) is 1. The van der Waals surface area contributed by atoms with Gasteiger partial charge in [-0.25, -0.2) is 0 Å². The Kier molecular flexibility index (Phi) is 3.62. The van der Waals surface area contributed by atoms with Crippen LogP contribution in [0.2, 0.25) is 0 Å². The molecule has 0 saturated carbocycles. The van der Waals surface area contributed by atoms with Crippen molar-refractivity contribution in [1.82, 2.24) is 4.90 Å². The van der Waals surface area contributed by atoms with E-state index in [4.69, 9.17) is 0 Å². The molecule has 1 aliphatic heterocycles. The molecule has 82 valence electrons. The molecule has 1 aliphatic rings. The highest BCUT2D eigenvalue weighted by molar-refractivity contribution is 5.48. The smallest absolute Gasteiger partial charge is 0.0233 e. The van der Waals surface area contributed by atoms with Gasteiger partial charge in [0.15, 0.2) is 0 Å². The van der Waals surface area contributed by atoms with Gasteiger partial charge in [0.25, 0.3) is 0 Å². The molecule has 0 atom stereocenters. The molecule has 0 amide bonds. The maximum absolute atomic E-state index is 4.14. The van der Waals surface area contributed by atoms with Crippen LogP contribution < -0.4 is 0 Å². The van der Waals surface area contributed by atoms with E-state index in [1.807, 2.05) is 7.05 Å². The second-order valence-corrected chi connectivity index (χ2v) is 4.23. The Bertz CT molecular complexity index is 286. The van der Waals surface area contributed by atoms with Gasteiger partial charge in [0.05, 0.1) is 0 Å². The van der Waals surface area contributed by atoms with E-state index in [0.717, 1.165) is 12.2 Å². The van der Waals surface area contributed by atoms with Crippen LogP contribution in [0.5, 0.6) is 0 Å². The first kappa shape index (κ1) is 10.5. The fraction of sp³-hybridized carbons (Fsp3) is 0.538. The van der Waals surface area contributed by atoms with Crippen LogP contribution in [-0.4, -0.2) is 25.0 Å². The zero-order chi connectivity index (χ0) is 10.5. The van der Waals surface area contributed by atoms with Gasteiger partial charge in [-0.2, -0.15) is 0 Å². The van der Waals surface area contributed by atoms with Crippen LogP contribution in [0.3, 0.4) is 0 Å². The van der Waals surface area contributed by atoms with Crippen molar-refractivity contribution in [2.24, 2.45) is 0 Å². The summed E-state index contributed by atoms with van der Waals surface area (Å²) >= 11 is 0. The number of benzene rings is 1. The molecule has 0 spiro atoms. The van der Waals surface area contributed by atoms with Crippen LogP contribution >= 0.6 is 0 Å². The van der Waals surface area contributed by atoms with E-state index in [1.54, 1.807) is 0 Å². The number of hydrogen-bond donors (Lipinski definition) is 0. The number of nitrogens with zero attached hydrogens (tertiary/aromatic N) is 2. The van der Waals surface area contributed by atoms with E-state index in [-0.39, 0.29) is 0 Å². The number of piperidine rings is 1. The molecule has 2 rings (SSSR count). The first-order valence-electron chi connectivity index (χ1n) is 5.79. The molecule has 0 bridgehead atoms. The van der Waals surface area contributed by atoms with E-state index in [0.29, 0.717) is 0 Å². The second kappa shape index (κ2) is 5.17. The van der Waals surface area contributed by atoms with Crippen molar-refractivity contribution in [3.05, 3.63) is 35.1 Å². The van der Waals surface area contributed by atoms with Gasteiger partial charge >= 0.3 is 0 Å². The predicted octanol–water partition coefficient (Wildman–Crippen LogP) is 3.31. The topological polar surface area (TPSA) is 17.3 Å². The van der Waals surface area contributed by atoms with Gasteiger partial charge in [-0.3, -0.25) is 4.90 Å². The van der Waals surface area contributed by atoms with E-state index in [1.165, 1.54) is 37.9 Å². The van der Waals surface area contributed by atoms with Crippen molar-refractivity contribution in [2.45, 2.75) is 25.8 Å². The van der Waals surface area contributed by atoms with E-state index >= 15 is 0 Å². The fourth-order valence-electron chi connectivity index (χ4n) is 2.13. The van der Waals surface area contributed by atoms with Crippen LogP contribution in [0.1, 0.15) is 24.8 Å². The lowest BCUT2D eigenvalue weighted by Gasteiger charge is -2.26. The lowest BCUT2D eigenvalue weighted by atomic mass is 10.1. The lowest BCUT2D eigenvalue weighted by molar-refractivity contribution is 0.221. The number of likely N-dealkylation sites (tertiary alicyclic amines) is 1. The van der Waals surface area contributed by atoms with Gasteiger partial charge in [0, 0.05) is 6.54 Å². The third-order valence-corrected chi connectivity index (χ3v) is 3.05. The Labute approximate surface area is 92.3 Å². The maximum Gasteiger partial charge on any atom is 0.0233 e. The van der Waals surface area contributed by atoms with Crippen molar-refractivity contribution >= 4 is 5.69 Å². The van der Waals surface area contributed by atoms with Crippen LogP contribution in [0, 0.1) is 0 Å². The standard InChI is InChI=1S/C13H19N2/c1-14-13-7-5-12(6-8-13)11-15-9-3-2-4-10-15/h5-8H,2-4,9-11H2,1H3/q-1. The molecule has 1 aromatic rings. The molecule has 0 radical (unpaired) electrons. The molecule has 0 unspecified atom stereocenters. The van der Waals surface area contributed by atoms with Gasteiger partial charge in [-0.05, 0) is 31.5 Å². The minimum absolute atomic E-state index is 1.07. The minimum Gasteiger partial charge on any atom is -0.687 e. The van der Waals surface area contributed by atoms with Gasteiger partial charge in [-0.1, -0.05) is 30.7 Å². The minimum atomic E-state index is 1.07. The Hall–Kier alpha value is -1.02. The summed E-state index contributed by atoms with van der Waals surface area (Å²) in [5, 5.41) is 4.14. The molecule has 0 N–H and O–H groups in total. The highest BCUT2D eigenvalue weighted by atomic mass is 15.1. The Balaban J connectivity index is 1.91. The Morgan fingerprint density at radius 1 is 1.07 bits per heavy atom. The summed E-state index contributed by atoms with van der Waals surface area (Å²) in [4.78, 5) is 2.54. The normalized spacial score (nSPS) is 17.7. The summed E-state index contributed by atoms with van der Waals surface area (Å²) < 4.78 is 0. The molecule has 1 heterocycles. The van der Waals surface area contributed by atoms with Gasteiger partial charge in [-0.15, -0.1) is 12.7 Å². The van der Waals surface area contributed by atoms with Crippen LogP contribution in [0.4, 0.5) is 5.69 Å². The SMILES string of the molecule is C[N-]c1ccc(CN2CCCCC2)cc1. The van der Waals surface area contributed by atoms with Gasteiger partial charge in [0.1, 0.15) is 0 Å². The van der Waals surface area contributed by atoms with Crippen molar-refractivity contribution in [3.8, 4) is 0 Å². The van der Waals surface area contributed by atoms with E-state index < -0.39 is 0 Å². The van der Waals surface area contributed by atoms with Crippen LogP contribution in [0.25, 0.3) is 5.32 Å². The van der Waals surface area contributed by atoms with Gasteiger partial charge < -0.3 is 5.32 Å². The summed E-state index contributed by atoms with van der Waals surface area (Å²) in [6.45, 7) is 3.63. The first-order chi connectivity index (χ1) is 7.38. The summed E-state index contributed by atoms with van der Waals surface area (Å²) in [6, 6.07) is 8.58. The zero-order valence-electron chi connectivity index (χ0n) is 9.45. The molecule has 2 heteroatoms. The molecule has 1 fully saturated rings. The van der Waals surface area contributed by atoms with Crippen molar-refractivity contribution in [3.63, 3.8) is 0 Å². The lowest BCUT2D eigenvalue weighted by Crippen LogP contribution is -2.28. The molecule has 0 aromatic heterocycles. The van der Waals surface area contributed by atoms with E-state index in [9.17, 15) is 0 Å². The quantitative estimate of drug-likeness (QED) is 0.736. The largest absolute Gasteiger partial charge is 0.687 e. The second-order valence-electron chi connectivity index (χ2n) is 4.23. The van der Waals surface area contributed by atoms with Crippen molar-refractivity contribution in [1.29, 1.82) is 0 Å². The monoisotopic (exact) mass is 203 g/mol. The summed E-state index contributed by atoms with van der Waals surface area (Å²) in [6.07, 6.45) is 4.13. The molecule has 1 saturated heterocycles. The highest BCUT2D eigenvalue weighted by Crippen LogP contribution is 2.18. The average molecular weight is 203 g/mol. The Morgan fingerprint density at radius 3 is 2.33 bits per heavy atom. The van der Waals surface area contributed by atoms with Crippen molar-refractivity contribution < 1.29 is 0 Å². The third kappa shape index (κ3) is 2.96.